The van der Waals surface area contributed by atoms with E-state index in [-0.39, 0.29) is 0 Å². The first-order valence-corrected chi connectivity index (χ1v) is 7.46. The number of aromatic amines is 1. The lowest BCUT2D eigenvalue weighted by molar-refractivity contribution is -0.702. The third-order valence-corrected chi connectivity index (χ3v) is 2.52. The first-order chi connectivity index (χ1) is 11.8. The molecular weight excluding hydrogens is 370 g/mol. The van der Waals surface area contributed by atoms with Gasteiger partial charge in [0.1, 0.15) is 0 Å². The predicted octanol–water partition coefficient (Wildman–Crippen LogP) is 4.71. The number of hydrogen-bond donors (Lipinski definition) is 0. The average Bonchev–Trinajstić information content (AvgIpc) is 2.45. The fraction of sp³-hybridized carbons (Fsp3) is 0.286. The van der Waals surface area contributed by atoms with Crippen molar-refractivity contribution >= 4 is 14.5 Å². The maximum absolute atomic E-state index is 9.75. The van der Waals surface area contributed by atoms with Gasteiger partial charge in [-0.2, -0.15) is 0 Å². The molecule has 0 unspecified atom stereocenters. The van der Waals surface area contributed by atoms with Gasteiger partial charge < -0.3 is 34.5 Å². The van der Waals surface area contributed by atoms with Crippen LogP contribution in [0.3, 0.4) is 0 Å². The second-order valence-corrected chi connectivity index (χ2v) is 5.46. The molecule has 146 valence electrons. The van der Waals surface area contributed by atoms with Crippen molar-refractivity contribution in [2.24, 2.45) is 5.92 Å². The van der Waals surface area contributed by atoms with Crippen LogP contribution in [0.15, 0.2) is 49.1 Å². The van der Waals surface area contributed by atoms with Crippen LogP contribution in [0.5, 0.6) is 0 Å². The first kappa shape index (κ1) is 23.9. The minimum absolute atomic E-state index is 0.683. The van der Waals surface area contributed by atoms with Gasteiger partial charge in [-0.3, -0.25) is 0 Å². The summed E-state index contributed by atoms with van der Waals surface area (Å²) in [5.74, 6) is 0.683. The maximum atomic E-state index is 9.75. The van der Waals surface area contributed by atoms with Crippen LogP contribution in [-0.4, -0.2) is 14.5 Å². The number of rotatable bonds is 3. The molecule has 2 aromatic rings. The Morgan fingerprint density at radius 3 is 1.46 bits per heavy atom. The van der Waals surface area contributed by atoms with Crippen LogP contribution in [0.4, 0.5) is 34.5 Å². The van der Waals surface area contributed by atoms with Gasteiger partial charge in [0.25, 0.3) is 0 Å². The van der Waals surface area contributed by atoms with Crippen molar-refractivity contribution in [2.75, 3.05) is 0 Å². The van der Waals surface area contributed by atoms with Gasteiger partial charge in [-0.1, -0.05) is 13.8 Å². The van der Waals surface area contributed by atoms with Crippen LogP contribution in [-0.2, 0) is 6.54 Å². The van der Waals surface area contributed by atoms with Crippen molar-refractivity contribution < 1.29 is 44.1 Å². The molecule has 0 fully saturated rings. The van der Waals surface area contributed by atoms with E-state index in [2.05, 4.69) is 60.1 Å². The Labute approximate surface area is 146 Å². The highest BCUT2D eigenvalue weighted by Gasteiger charge is 2.21. The fourth-order valence-corrected chi connectivity index (χ4v) is 1.77. The molecule has 0 aromatic carbocycles. The smallest absolute Gasteiger partial charge is 0.418 e. The number of hydrogen-bond acceptors (Lipinski definition) is 0. The van der Waals surface area contributed by atoms with Crippen LogP contribution in [0.2, 0.25) is 0 Å². The number of halogens is 8. The normalized spacial score (nSPS) is 11.2. The molecule has 2 aromatic heterocycles. The van der Waals surface area contributed by atoms with E-state index in [1.807, 2.05) is 12.4 Å². The molecule has 0 aliphatic rings. The predicted molar refractivity (Wildman–Crippen MR) is 83.8 cm³/mol. The minimum atomic E-state index is -6.00. The van der Waals surface area contributed by atoms with Crippen LogP contribution < -0.4 is 9.55 Å². The number of pyridine rings is 2. The topological polar surface area (TPSA) is 18.0 Å². The summed E-state index contributed by atoms with van der Waals surface area (Å²) >= 11 is 0. The van der Waals surface area contributed by atoms with Crippen LogP contribution in [0.1, 0.15) is 13.8 Å². The van der Waals surface area contributed by atoms with Crippen LogP contribution in [0, 0.1) is 5.92 Å². The molecule has 0 amide bonds. The number of nitrogens with zero attached hydrogens (tertiary/aromatic N) is 1. The summed E-state index contributed by atoms with van der Waals surface area (Å²) in [5.41, 5.74) is 2.50. The first-order valence-electron chi connectivity index (χ1n) is 7.46. The second-order valence-electron chi connectivity index (χ2n) is 5.46. The van der Waals surface area contributed by atoms with E-state index in [0.717, 1.165) is 6.54 Å². The van der Waals surface area contributed by atoms with E-state index in [9.17, 15) is 34.5 Å². The average molecular weight is 388 g/mol. The Morgan fingerprint density at radius 1 is 0.769 bits per heavy atom. The Hall–Kier alpha value is -2.13. The van der Waals surface area contributed by atoms with Gasteiger partial charge in [0.2, 0.25) is 0 Å². The van der Waals surface area contributed by atoms with Crippen molar-refractivity contribution in [1.29, 1.82) is 0 Å². The fourth-order valence-electron chi connectivity index (χ4n) is 1.77. The van der Waals surface area contributed by atoms with E-state index >= 15 is 0 Å². The Kier molecular flexibility index (Phi) is 9.89. The molecule has 0 saturated carbocycles. The Morgan fingerprint density at radius 2 is 1.12 bits per heavy atom. The lowest BCUT2D eigenvalue weighted by Crippen LogP contribution is -2.35. The molecular formula is C14H18B2F8N2. The van der Waals surface area contributed by atoms with Gasteiger partial charge in [-0.15, -0.1) is 0 Å². The minimum Gasteiger partial charge on any atom is -0.418 e. The number of nitrogens with one attached hydrogen (secondary N) is 1. The summed E-state index contributed by atoms with van der Waals surface area (Å²) in [6.07, 6.45) is 8.19. The van der Waals surface area contributed by atoms with Crippen molar-refractivity contribution in [3.05, 3.63) is 49.1 Å². The standard InChI is InChI=1S/C14H17N2.2BF4/c1-12(2)11-16-9-5-14(6-10-16)13-3-7-15-8-4-13;2*2-1(3,4)5/h3-10,12H,11H2,1-2H3;;/q+1;2*-1/p+1. The molecule has 0 saturated heterocycles. The molecule has 0 spiro atoms. The van der Waals surface area contributed by atoms with E-state index in [1.54, 1.807) is 0 Å². The second kappa shape index (κ2) is 10.8. The molecule has 26 heavy (non-hydrogen) atoms. The lowest BCUT2D eigenvalue weighted by atomic mass is 10.1. The van der Waals surface area contributed by atoms with Crippen molar-refractivity contribution in [3.8, 4) is 11.1 Å². The monoisotopic (exact) mass is 388 g/mol. The van der Waals surface area contributed by atoms with Gasteiger partial charge >= 0.3 is 14.5 Å². The quantitative estimate of drug-likeness (QED) is 0.412. The summed E-state index contributed by atoms with van der Waals surface area (Å²) in [6, 6.07) is 8.50. The van der Waals surface area contributed by atoms with E-state index in [0.29, 0.717) is 5.92 Å². The van der Waals surface area contributed by atoms with Crippen molar-refractivity contribution in [1.82, 2.24) is 0 Å². The molecule has 0 atom stereocenters. The Balaban J connectivity index is 0.000000520. The molecule has 1 N–H and O–H groups in total. The van der Waals surface area contributed by atoms with Crippen LogP contribution in [0.25, 0.3) is 11.1 Å². The zero-order valence-corrected chi connectivity index (χ0v) is 14.0. The summed E-state index contributed by atoms with van der Waals surface area (Å²) in [5, 5.41) is 0. The van der Waals surface area contributed by atoms with Crippen molar-refractivity contribution in [3.63, 3.8) is 0 Å². The molecule has 0 aliphatic carbocycles. The number of aromatic nitrogens is 2. The summed E-state index contributed by atoms with van der Waals surface area (Å²) in [6.45, 7) is 5.53. The molecule has 0 radical (unpaired) electrons. The zero-order chi connectivity index (χ0) is 20.4. The third-order valence-electron chi connectivity index (χ3n) is 2.52. The molecule has 2 rings (SSSR count). The summed E-state index contributed by atoms with van der Waals surface area (Å²) in [4.78, 5) is 3.03. The highest BCUT2D eigenvalue weighted by atomic mass is 19.5. The van der Waals surface area contributed by atoms with E-state index < -0.39 is 14.5 Å². The lowest BCUT2D eigenvalue weighted by Gasteiger charge is -2.01. The van der Waals surface area contributed by atoms with Gasteiger partial charge in [-0.05, 0) is 11.1 Å². The Bertz CT molecular complexity index is 592. The summed E-state index contributed by atoms with van der Waals surface area (Å²) in [7, 11) is -12.0. The molecule has 2 nitrogen and oxygen atoms in total. The third kappa shape index (κ3) is 16.7. The number of H-pyrrole nitrogens is 1. The van der Waals surface area contributed by atoms with Gasteiger partial charge in [0.05, 0.1) is 0 Å². The van der Waals surface area contributed by atoms with Gasteiger partial charge in [-0.25, -0.2) is 9.55 Å². The summed E-state index contributed by atoms with van der Waals surface area (Å²) < 4.78 is 80.2. The highest BCUT2D eigenvalue weighted by Crippen LogP contribution is 2.15. The molecule has 2 heterocycles. The largest absolute Gasteiger partial charge is 0.673 e. The van der Waals surface area contributed by atoms with E-state index in [1.165, 1.54) is 11.1 Å². The maximum Gasteiger partial charge on any atom is 0.673 e. The highest BCUT2D eigenvalue weighted by molar-refractivity contribution is 6.50. The molecule has 0 bridgehead atoms. The van der Waals surface area contributed by atoms with Gasteiger partial charge in [0.15, 0.2) is 31.3 Å². The van der Waals surface area contributed by atoms with Crippen LogP contribution >= 0.6 is 0 Å². The van der Waals surface area contributed by atoms with Crippen molar-refractivity contribution in [2.45, 2.75) is 20.4 Å². The van der Waals surface area contributed by atoms with E-state index in [4.69, 9.17) is 0 Å². The van der Waals surface area contributed by atoms with Gasteiger partial charge in [0, 0.05) is 30.2 Å². The zero-order valence-electron chi connectivity index (χ0n) is 14.0. The molecule has 0 aliphatic heterocycles. The SMILES string of the molecule is CC(C)C[n+]1ccc(-c2cc[nH+]cc2)cc1.F[B-](F)(F)F.F[B-](F)(F)F. The molecule has 12 heteroatoms.